The molecule has 0 saturated heterocycles. The number of ether oxygens (including phenoxy) is 1. The van der Waals surface area contributed by atoms with E-state index < -0.39 is 0 Å². The van der Waals surface area contributed by atoms with E-state index in [4.69, 9.17) is 0 Å². The van der Waals surface area contributed by atoms with E-state index in [0.29, 0.717) is 16.8 Å². The zero-order chi connectivity index (χ0) is 12.3. The van der Waals surface area contributed by atoms with Crippen LogP contribution in [0.5, 0.6) is 5.75 Å². The molecule has 1 heterocycles. The van der Waals surface area contributed by atoms with Crippen molar-refractivity contribution in [1.29, 1.82) is 0 Å². The van der Waals surface area contributed by atoms with Gasteiger partial charge in [0.1, 0.15) is 5.75 Å². The fraction of sp³-hybridized carbons (Fsp3) is 0.455. The van der Waals surface area contributed by atoms with Crippen LogP contribution in [-0.2, 0) is 16.0 Å². The maximum absolute atomic E-state index is 11.4. The number of aromatic nitrogens is 1. The Kier molecular flexibility index (Phi) is 3.71. The number of aryl methyl sites for hydroxylation is 1. The molecule has 0 atom stereocenters. The number of carbonyl (C=O) groups excluding carboxylic acids is 1. The predicted octanol–water partition coefficient (Wildman–Crippen LogP) is 0.803. The van der Waals surface area contributed by atoms with Crippen LogP contribution in [0.4, 0.5) is 0 Å². The van der Waals surface area contributed by atoms with Gasteiger partial charge >= 0.3 is 5.97 Å². The Bertz CT molecular complexity index is 462. The molecule has 0 aromatic carbocycles. The van der Waals surface area contributed by atoms with Crippen LogP contribution in [-0.4, -0.2) is 23.2 Å². The van der Waals surface area contributed by atoms with Crippen LogP contribution in [0, 0.1) is 13.8 Å². The van der Waals surface area contributed by atoms with Gasteiger partial charge in [0, 0.05) is 17.5 Å². The predicted molar refractivity (Wildman–Crippen MR) is 58.5 cm³/mol. The van der Waals surface area contributed by atoms with Crippen molar-refractivity contribution >= 4 is 5.97 Å². The summed E-state index contributed by atoms with van der Waals surface area (Å²) in [6.07, 6.45) is 0.386. The van der Waals surface area contributed by atoms with Crippen molar-refractivity contribution in [2.75, 3.05) is 7.11 Å². The van der Waals surface area contributed by atoms with Crippen LogP contribution in [0.1, 0.15) is 23.2 Å². The Balaban J connectivity index is 2.98. The maximum atomic E-state index is 11.4. The van der Waals surface area contributed by atoms with Crippen molar-refractivity contribution in [1.82, 2.24) is 4.98 Å². The molecule has 0 amide bonds. The van der Waals surface area contributed by atoms with Gasteiger partial charge < -0.3 is 14.8 Å². The number of pyridine rings is 1. The van der Waals surface area contributed by atoms with Gasteiger partial charge in [-0.15, -0.1) is 0 Å². The van der Waals surface area contributed by atoms with E-state index >= 15 is 0 Å². The van der Waals surface area contributed by atoms with E-state index in [1.54, 1.807) is 13.8 Å². The monoisotopic (exact) mass is 225 g/mol. The Hall–Kier alpha value is -1.78. The summed E-state index contributed by atoms with van der Waals surface area (Å²) in [6, 6.07) is 0. The maximum Gasteiger partial charge on any atom is 0.305 e. The third-order valence-electron chi connectivity index (χ3n) is 2.62. The Morgan fingerprint density at radius 1 is 1.38 bits per heavy atom. The average Bonchev–Trinajstić information content (AvgIpc) is 2.28. The Morgan fingerprint density at radius 2 is 2.00 bits per heavy atom. The molecule has 5 heteroatoms. The molecular formula is C11H15NO4. The lowest BCUT2D eigenvalue weighted by Crippen LogP contribution is -2.15. The third-order valence-corrected chi connectivity index (χ3v) is 2.62. The van der Waals surface area contributed by atoms with Crippen molar-refractivity contribution in [3.8, 4) is 5.75 Å². The standard InChI is InChI=1S/C11H15NO4/c1-6-7(2)11(15)12-8(10(6)14)4-5-9(13)16-3/h14H,4-5H2,1-3H3,(H,12,15). The number of aromatic amines is 1. The van der Waals surface area contributed by atoms with Crippen LogP contribution in [0.3, 0.4) is 0 Å². The number of hydrogen-bond donors (Lipinski definition) is 2. The van der Waals surface area contributed by atoms with Crippen LogP contribution < -0.4 is 5.56 Å². The van der Waals surface area contributed by atoms with E-state index in [0.717, 1.165) is 0 Å². The molecule has 0 bridgehead atoms. The topological polar surface area (TPSA) is 79.4 Å². The Labute approximate surface area is 93.1 Å². The summed E-state index contributed by atoms with van der Waals surface area (Å²) < 4.78 is 4.48. The molecule has 16 heavy (non-hydrogen) atoms. The highest BCUT2D eigenvalue weighted by Crippen LogP contribution is 2.21. The largest absolute Gasteiger partial charge is 0.506 e. The molecule has 0 radical (unpaired) electrons. The fourth-order valence-corrected chi connectivity index (χ4v) is 1.37. The van der Waals surface area contributed by atoms with Crippen LogP contribution in [0.15, 0.2) is 4.79 Å². The summed E-state index contributed by atoms with van der Waals surface area (Å²) in [5, 5.41) is 9.77. The molecule has 1 rings (SSSR count). The summed E-state index contributed by atoms with van der Waals surface area (Å²) in [6.45, 7) is 3.31. The van der Waals surface area contributed by atoms with Crippen molar-refractivity contribution in [3.63, 3.8) is 0 Å². The molecule has 0 aliphatic rings. The number of carbonyl (C=O) groups is 1. The van der Waals surface area contributed by atoms with E-state index in [2.05, 4.69) is 9.72 Å². The quantitative estimate of drug-likeness (QED) is 0.746. The van der Waals surface area contributed by atoms with Gasteiger partial charge in [-0.25, -0.2) is 0 Å². The first-order valence-electron chi connectivity index (χ1n) is 4.95. The van der Waals surface area contributed by atoms with Gasteiger partial charge in [-0.1, -0.05) is 0 Å². The third kappa shape index (κ3) is 2.42. The lowest BCUT2D eigenvalue weighted by Gasteiger charge is -2.08. The number of aromatic hydroxyl groups is 1. The van der Waals surface area contributed by atoms with Crippen molar-refractivity contribution in [2.24, 2.45) is 0 Å². The number of rotatable bonds is 3. The molecule has 88 valence electrons. The lowest BCUT2D eigenvalue weighted by atomic mass is 10.1. The first-order chi connectivity index (χ1) is 7.47. The first-order valence-corrected chi connectivity index (χ1v) is 4.95. The molecular weight excluding hydrogens is 210 g/mol. The second-order valence-corrected chi connectivity index (χ2v) is 3.61. The minimum Gasteiger partial charge on any atom is -0.506 e. The fourth-order valence-electron chi connectivity index (χ4n) is 1.37. The molecule has 0 saturated carbocycles. The van der Waals surface area contributed by atoms with E-state index in [-0.39, 0.29) is 30.1 Å². The van der Waals surface area contributed by atoms with E-state index in [1.165, 1.54) is 7.11 Å². The Morgan fingerprint density at radius 3 is 2.56 bits per heavy atom. The lowest BCUT2D eigenvalue weighted by molar-refractivity contribution is -0.140. The second kappa shape index (κ2) is 4.83. The molecule has 1 aromatic heterocycles. The van der Waals surface area contributed by atoms with Gasteiger partial charge in [0.2, 0.25) is 0 Å². The minimum absolute atomic E-state index is 0.0426. The highest BCUT2D eigenvalue weighted by atomic mass is 16.5. The van der Waals surface area contributed by atoms with E-state index in [9.17, 15) is 14.7 Å². The number of methoxy groups -OCH3 is 1. The van der Waals surface area contributed by atoms with Crippen molar-refractivity contribution in [3.05, 3.63) is 27.2 Å². The molecule has 0 unspecified atom stereocenters. The van der Waals surface area contributed by atoms with Gasteiger partial charge in [-0.05, 0) is 13.8 Å². The number of esters is 1. The summed E-state index contributed by atoms with van der Waals surface area (Å²) in [5.74, 6) is -0.334. The van der Waals surface area contributed by atoms with Crippen molar-refractivity contribution < 1.29 is 14.6 Å². The molecule has 2 N–H and O–H groups in total. The smallest absolute Gasteiger partial charge is 0.305 e. The SMILES string of the molecule is COC(=O)CCc1[nH]c(=O)c(C)c(C)c1O. The zero-order valence-electron chi connectivity index (χ0n) is 9.59. The highest BCUT2D eigenvalue weighted by molar-refractivity contribution is 5.69. The minimum atomic E-state index is -0.376. The highest BCUT2D eigenvalue weighted by Gasteiger charge is 2.12. The second-order valence-electron chi connectivity index (χ2n) is 3.61. The number of H-pyrrole nitrogens is 1. The van der Waals surface area contributed by atoms with Gasteiger partial charge in [-0.2, -0.15) is 0 Å². The van der Waals surface area contributed by atoms with Gasteiger partial charge in [0.05, 0.1) is 19.2 Å². The normalized spacial score (nSPS) is 10.2. The average molecular weight is 225 g/mol. The van der Waals surface area contributed by atoms with Gasteiger partial charge in [0.15, 0.2) is 0 Å². The zero-order valence-corrected chi connectivity index (χ0v) is 9.59. The van der Waals surface area contributed by atoms with Crippen LogP contribution in [0.2, 0.25) is 0 Å². The molecule has 0 aliphatic heterocycles. The molecule has 5 nitrogen and oxygen atoms in total. The summed E-state index contributed by atoms with van der Waals surface area (Å²) in [4.78, 5) is 24.9. The first kappa shape index (κ1) is 12.3. The van der Waals surface area contributed by atoms with Gasteiger partial charge in [-0.3, -0.25) is 9.59 Å². The van der Waals surface area contributed by atoms with Crippen LogP contribution in [0.25, 0.3) is 0 Å². The molecule has 0 spiro atoms. The van der Waals surface area contributed by atoms with E-state index in [1.807, 2.05) is 0 Å². The summed E-state index contributed by atoms with van der Waals surface area (Å²) in [7, 11) is 1.30. The number of hydrogen-bond acceptors (Lipinski definition) is 4. The molecule has 0 fully saturated rings. The van der Waals surface area contributed by atoms with Gasteiger partial charge in [0.25, 0.3) is 5.56 Å². The molecule has 0 aliphatic carbocycles. The van der Waals surface area contributed by atoms with Crippen LogP contribution >= 0.6 is 0 Å². The summed E-state index contributed by atoms with van der Waals surface area (Å²) >= 11 is 0. The summed E-state index contributed by atoms with van der Waals surface area (Å²) in [5.41, 5.74) is 1.16. The van der Waals surface area contributed by atoms with Crippen molar-refractivity contribution in [2.45, 2.75) is 26.7 Å². The number of nitrogens with one attached hydrogen (secondary N) is 1. The molecule has 1 aromatic rings.